The number of imidazole rings is 1. The number of fused-ring (bicyclic) bond motifs is 2. The van der Waals surface area contributed by atoms with Crippen LogP contribution in [-0.2, 0) is 13.1 Å². The van der Waals surface area contributed by atoms with Gasteiger partial charge in [-0.15, -0.1) is 0 Å². The van der Waals surface area contributed by atoms with E-state index in [-0.39, 0.29) is 5.91 Å². The fourth-order valence-corrected chi connectivity index (χ4v) is 4.69. The van der Waals surface area contributed by atoms with Crippen LogP contribution in [0.1, 0.15) is 27.9 Å². The summed E-state index contributed by atoms with van der Waals surface area (Å²) in [5.41, 5.74) is 8.13. The van der Waals surface area contributed by atoms with Crippen LogP contribution in [0.3, 0.4) is 0 Å². The van der Waals surface area contributed by atoms with Crippen LogP contribution in [0.25, 0.3) is 28.2 Å². The smallest absolute Gasteiger partial charge is 0.253 e. The lowest BCUT2D eigenvalue weighted by Crippen LogP contribution is -2.34. The van der Waals surface area contributed by atoms with Crippen molar-refractivity contribution in [2.24, 2.45) is 0 Å². The third-order valence-electron chi connectivity index (χ3n) is 6.55. The number of nitrogens with one attached hydrogen (secondary N) is 2. The van der Waals surface area contributed by atoms with E-state index in [9.17, 15) is 4.79 Å². The van der Waals surface area contributed by atoms with Gasteiger partial charge in [0, 0.05) is 49.4 Å². The molecule has 0 aliphatic carbocycles. The van der Waals surface area contributed by atoms with Gasteiger partial charge in [-0.3, -0.25) is 4.79 Å². The Kier molecular flexibility index (Phi) is 5.13. The molecule has 0 unspecified atom stereocenters. The number of aromatic nitrogens is 3. The second kappa shape index (κ2) is 8.42. The van der Waals surface area contributed by atoms with E-state index < -0.39 is 0 Å². The lowest BCUT2D eigenvalue weighted by atomic mass is 10.0. The molecule has 2 aromatic carbocycles. The predicted octanol–water partition coefficient (Wildman–Crippen LogP) is 3.10. The maximum absolute atomic E-state index is 12.9. The van der Waals surface area contributed by atoms with Crippen molar-refractivity contribution in [3.05, 3.63) is 77.5 Å². The normalized spacial score (nSPS) is 16.1. The molecule has 4 aromatic rings. The molecule has 7 heteroatoms. The summed E-state index contributed by atoms with van der Waals surface area (Å²) in [5, 5.41) is 11.6. The van der Waals surface area contributed by atoms with Gasteiger partial charge in [-0.2, -0.15) is 5.10 Å². The van der Waals surface area contributed by atoms with E-state index in [4.69, 9.17) is 5.10 Å². The van der Waals surface area contributed by atoms with Crippen LogP contribution >= 0.6 is 0 Å². The van der Waals surface area contributed by atoms with Crippen LogP contribution in [0.4, 0.5) is 0 Å². The van der Waals surface area contributed by atoms with Crippen molar-refractivity contribution in [3.63, 3.8) is 0 Å². The van der Waals surface area contributed by atoms with Crippen molar-refractivity contribution >= 4 is 11.6 Å². The molecule has 1 fully saturated rings. The molecule has 1 saturated heterocycles. The molecule has 2 aromatic heterocycles. The third-order valence-corrected chi connectivity index (χ3v) is 6.55. The first-order chi connectivity index (χ1) is 16.3. The molecule has 0 bridgehead atoms. The molecule has 0 spiro atoms. The van der Waals surface area contributed by atoms with E-state index in [2.05, 4.69) is 33.8 Å². The van der Waals surface area contributed by atoms with Gasteiger partial charge in [0.25, 0.3) is 5.91 Å². The Bertz CT molecular complexity index is 1320. The molecule has 0 atom stereocenters. The van der Waals surface area contributed by atoms with Crippen LogP contribution in [0.5, 0.6) is 0 Å². The average molecular weight is 439 g/mol. The highest BCUT2D eigenvalue weighted by Gasteiger charge is 2.18. The standard InChI is InChI=1S/C26H26N6O/c33-26(31-12-1-10-27-11-13-31)19-4-2-18(3-5-19)23-8-9-25-29-17-24(32(25)30-23)20-6-7-21-15-28-16-22(21)14-20/h2-9,14,17,27-28H,1,10-13,15-16H2. The molecule has 1 amide bonds. The molecular weight excluding hydrogens is 412 g/mol. The fourth-order valence-electron chi connectivity index (χ4n) is 4.69. The second-order valence-electron chi connectivity index (χ2n) is 8.69. The molecule has 6 rings (SSSR count). The number of rotatable bonds is 3. The lowest BCUT2D eigenvalue weighted by Gasteiger charge is -2.20. The number of benzene rings is 2. The number of hydrogen-bond acceptors (Lipinski definition) is 5. The average Bonchev–Trinajstić information content (AvgIpc) is 3.41. The van der Waals surface area contributed by atoms with Crippen LogP contribution in [0.15, 0.2) is 60.8 Å². The van der Waals surface area contributed by atoms with Crippen molar-refractivity contribution < 1.29 is 4.79 Å². The topological polar surface area (TPSA) is 74.6 Å². The highest BCUT2D eigenvalue weighted by atomic mass is 16.2. The summed E-state index contributed by atoms with van der Waals surface area (Å²) in [6.07, 6.45) is 2.87. The van der Waals surface area contributed by atoms with Gasteiger partial charge < -0.3 is 15.5 Å². The molecule has 0 radical (unpaired) electrons. The molecule has 2 aliphatic rings. The molecule has 166 valence electrons. The van der Waals surface area contributed by atoms with Gasteiger partial charge in [0.1, 0.15) is 0 Å². The molecular formula is C26H26N6O. The Labute approximate surface area is 192 Å². The Hall–Kier alpha value is -3.55. The van der Waals surface area contributed by atoms with E-state index >= 15 is 0 Å². The number of carbonyl (C=O) groups excluding carboxylic acids is 1. The molecule has 0 saturated carbocycles. The van der Waals surface area contributed by atoms with Crippen LogP contribution < -0.4 is 10.6 Å². The van der Waals surface area contributed by atoms with Gasteiger partial charge in [-0.1, -0.05) is 24.3 Å². The fraction of sp³-hybridized carbons (Fsp3) is 0.269. The van der Waals surface area contributed by atoms with Gasteiger partial charge in [0.2, 0.25) is 0 Å². The quantitative estimate of drug-likeness (QED) is 0.514. The van der Waals surface area contributed by atoms with Gasteiger partial charge >= 0.3 is 0 Å². The zero-order chi connectivity index (χ0) is 22.2. The van der Waals surface area contributed by atoms with Gasteiger partial charge in [-0.05, 0) is 54.4 Å². The van der Waals surface area contributed by atoms with E-state index in [0.717, 1.165) is 79.4 Å². The first kappa shape index (κ1) is 20.1. The van der Waals surface area contributed by atoms with Crippen molar-refractivity contribution in [3.8, 4) is 22.5 Å². The van der Waals surface area contributed by atoms with Crippen molar-refractivity contribution in [1.82, 2.24) is 30.1 Å². The van der Waals surface area contributed by atoms with Crippen molar-refractivity contribution in [1.29, 1.82) is 0 Å². The largest absolute Gasteiger partial charge is 0.337 e. The first-order valence-corrected chi connectivity index (χ1v) is 11.5. The molecule has 4 heterocycles. The lowest BCUT2D eigenvalue weighted by molar-refractivity contribution is 0.0766. The summed E-state index contributed by atoms with van der Waals surface area (Å²) in [6.45, 7) is 5.20. The number of nitrogens with zero attached hydrogens (tertiary/aromatic N) is 4. The van der Waals surface area contributed by atoms with Crippen molar-refractivity contribution in [2.75, 3.05) is 26.2 Å². The highest BCUT2D eigenvalue weighted by molar-refractivity contribution is 5.94. The minimum atomic E-state index is 0.0941. The van der Waals surface area contributed by atoms with E-state index in [0.29, 0.717) is 0 Å². The van der Waals surface area contributed by atoms with Crippen LogP contribution in [-0.4, -0.2) is 51.6 Å². The summed E-state index contributed by atoms with van der Waals surface area (Å²) in [4.78, 5) is 19.4. The Balaban J connectivity index is 1.29. The predicted molar refractivity (Wildman–Crippen MR) is 128 cm³/mol. The highest BCUT2D eigenvalue weighted by Crippen LogP contribution is 2.27. The van der Waals surface area contributed by atoms with Gasteiger partial charge in [-0.25, -0.2) is 9.50 Å². The van der Waals surface area contributed by atoms with Crippen LogP contribution in [0.2, 0.25) is 0 Å². The molecule has 33 heavy (non-hydrogen) atoms. The molecule has 7 nitrogen and oxygen atoms in total. The van der Waals surface area contributed by atoms with Crippen LogP contribution in [0, 0.1) is 0 Å². The molecule has 2 N–H and O–H groups in total. The molecule has 2 aliphatic heterocycles. The minimum Gasteiger partial charge on any atom is -0.337 e. The number of hydrogen-bond donors (Lipinski definition) is 2. The summed E-state index contributed by atoms with van der Waals surface area (Å²) in [7, 11) is 0. The van der Waals surface area contributed by atoms with Gasteiger partial charge in [0.05, 0.1) is 17.6 Å². The zero-order valence-electron chi connectivity index (χ0n) is 18.4. The monoisotopic (exact) mass is 438 g/mol. The second-order valence-corrected chi connectivity index (χ2v) is 8.69. The van der Waals surface area contributed by atoms with E-state index in [1.807, 2.05) is 52.0 Å². The summed E-state index contributed by atoms with van der Waals surface area (Å²) in [6, 6.07) is 18.3. The number of carbonyl (C=O) groups is 1. The Morgan fingerprint density at radius 2 is 1.70 bits per heavy atom. The Morgan fingerprint density at radius 3 is 2.61 bits per heavy atom. The zero-order valence-corrected chi connectivity index (χ0v) is 18.4. The maximum Gasteiger partial charge on any atom is 0.253 e. The number of amides is 1. The summed E-state index contributed by atoms with van der Waals surface area (Å²) in [5.74, 6) is 0.0941. The SMILES string of the molecule is O=C(c1ccc(-c2ccc3ncc(-c4ccc5c(c4)CNC5)n3n2)cc1)N1CCCNCC1. The summed E-state index contributed by atoms with van der Waals surface area (Å²) >= 11 is 0. The van der Waals surface area contributed by atoms with E-state index in [1.54, 1.807) is 0 Å². The minimum absolute atomic E-state index is 0.0941. The maximum atomic E-state index is 12.9. The van der Waals surface area contributed by atoms with E-state index in [1.165, 1.54) is 11.1 Å². The first-order valence-electron chi connectivity index (χ1n) is 11.5. The third kappa shape index (κ3) is 3.79. The van der Waals surface area contributed by atoms with Crippen molar-refractivity contribution in [2.45, 2.75) is 19.5 Å². The summed E-state index contributed by atoms with van der Waals surface area (Å²) < 4.78 is 1.91. The Morgan fingerprint density at radius 1 is 0.848 bits per heavy atom. The van der Waals surface area contributed by atoms with Gasteiger partial charge in [0.15, 0.2) is 5.65 Å².